The van der Waals surface area contributed by atoms with E-state index in [1.165, 1.54) is 56.9 Å². The summed E-state index contributed by atoms with van der Waals surface area (Å²) in [5.41, 5.74) is 8.15. The minimum Gasteiger partial charge on any atom is -0.497 e. The van der Waals surface area contributed by atoms with E-state index in [0.29, 0.717) is 5.92 Å². The maximum atomic E-state index is 5.37. The molecule has 0 saturated heterocycles. The molecule has 0 saturated carbocycles. The highest BCUT2D eigenvalue weighted by molar-refractivity contribution is 5.81. The Morgan fingerprint density at radius 1 is 0.760 bits per heavy atom. The van der Waals surface area contributed by atoms with Crippen LogP contribution in [0, 0.1) is 5.92 Å². The Morgan fingerprint density at radius 3 is 1.88 bits per heavy atom. The minimum atomic E-state index is 0.626. The predicted molar refractivity (Wildman–Crippen MR) is 110 cm³/mol. The highest BCUT2D eigenvalue weighted by Crippen LogP contribution is 2.49. The molecule has 0 spiro atoms. The molecular formula is C24H36O. The summed E-state index contributed by atoms with van der Waals surface area (Å²) < 4.78 is 5.37. The lowest BCUT2D eigenvalue weighted by molar-refractivity contribution is 0.415. The van der Waals surface area contributed by atoms with Gasteiger partial charge in [-0.3, -0.25) is 0 Å². The fourth-order valence-electron chi connectivity index (χ4n) is 4.40. The van der Waals surface area contributed by atoms with Gasteiger partial charge < -0.3 is 4.74 Å². The van der Waals surface area contributed by atoms with Crippen LogP contribution in [0.3, 0.4) is 0 Å². The summed E-state index contributed by atoms with van der Waals surface area (Å²) in [7, 11) is 1.74. The molecule has 0 aromatic heterocycles. The van der Waals surface area contributed by atoms with Crippen molar-refractivity contribution >= 4 is 5.57 Å². The standard InChI is InChI=1S/C24H36O/c1-6-10-20-21(11-7-2)23(13-9-4)24(22(20)12-8-3)18-14-16-19(25-5)17-15-18/h14-17,22H,6-13H2,1-5H3. The summed E-state index contributed by atoms with van der Waals surface area (Å²) in [6, 6.07) is 8.77. The van der Waals surface area contributed by atoms with E-state index < -0.39 is 0 Å². The van der Waals surface area contributed by atoms with Crippen molar-refractivity contribution < 1.29 is 4.74 Å². The van der Waals surface area contributed by atoms with Crippen LogP contribution in [0.4, 0.5) is 0 Å². The molecule has 1 unspecified atom stereocenters. The summed E-state index contributed by atoms with van der Waals surface area (Å²) in [6.07, 6.45) is 9.94. The van der Waals surface area contributed by atoms with Crippen molar-refractivity contribution in [1.29, 1.82) is 0 Å². The molecule has 1 aromatic carbocycles. The summed E-state index contributed by atoms with van der Waals surface area (Å²) in [6.45, 7) is 9.28. The molecule has 0 N–H and O–H groups in total. The lowest BCUT2D eigenvalue weighted by Gasteiger charge is -2.20. The van der Waals surface area contributed by atoms with E-state index in [2.05, 4.69) is 52.0 Å². The third-order valence-corrected chi connectivity index (χ3v) is 5.34. The predicted octanol–water partition coefficient (Wildman–Crippen LogP) is 7.58. The normalized spacial score (nSPS) is 17.6. The number of ether oxygens (including phenoxy) is 1. The first-order valence-electron chi connectivity index (χ1n) is 10.3. The molecule has 1 heteroatoms. The molecule has 1 aromatic rings. The summed E-state index contributed by atoms with van der Waals surface area (Å²) in [5.74, 6) is 1.57. The lowest BCUT2D eigenvalue weighted by Crippen LogP contribution is -2.05. The Morgan fingerprint density at radius 2 is 1.36 bits per heavy atom. The topological polar surface area (TPSA) is 9.23 Å². The van der Waals surface area contributed by atoms with E-state index in [0.717, 1.165) is 5.75 Å². The zero-order valence-electron chi connectivity index (χ0n) is 17.0. The number of benzene rings is 1. The van der Waals surface area contributed by atoms with E-state index in [4.69, 9.17) is 4.74 Å². The third-order valence-electron chi connectivity index (χ3n) is 5.34. The van der Waals surface area contributed by atoms with Crippen molar-refractivity contribution in [3.05, 3.63) is 46.5 Å². The molecule has 2 rings (SSSR count). The van der Waals surface area contributed by atoms with E-state index in [1.807, 2.05) is 0 Å². The molecule has 0 amide bonds. The van der Waals surface area contributed by atoms with Gasteiger partial charge in [-0.05, 0) is 60.1 Å². The van der Waals surface area contributed by atoms with Gasteiger partial charge in [0.05, 0.1) is 7.11 Å². The van der Waals surface area contributed by atoms with Crippen LogP contribution < -0.4 is 4.74 Å². The first kappa shape index (κ1) is 19.8. The fourth-order valence-corrected chi connectivity index (χ4v) is 4.40. The molecular weight excluding hydrogens is 304 g/mol. The van der Waals surface area contributed by atoms with E-state index in [1.54, 1.807) is 29.4 Å². The Labute approximate surface area is 155 Å². The Hall–Kier alpha value is -1.50. The molecule has 1 aliphatic rings. The largest absolute Gasteiger partial charge is 0.497 e. The van der Waals surface area contributed by atoms with Gasteiger partial charge in [-0.15, -0.1) is 0 Å². The Kier molecular flexibility index (Phi) is 7.81. The Bertz CT molecular complexity index is 603. The van der Waals surface area contributed by atoms with Gasteiger partial charge in [0.25, 0.3) is 0 Å². The van der Waals surface area contributed by atoms with Gasteiger partial charge in [0.2, 0.25) is 0 Å². The zero-order chi connectivity index (χ0) is 18.2. The van der Waals surface area contributed by atoms with Crippen molar-refractivity contribution in [1.82, 2.24) is 0 Å². The minimum absolute atomic E-state index is 0.626. The van der Waals surface area contributed by atoms with Crippen LogP contribution >= 0.6 is 0 Å². The molecule has 1 atom stereocenters. The molecule has 1 nitrogen and oxygen atoms in total. The van der Waals surface area contributed by atoms with Crippen molar-refractivity contribution in [2.75, 3.05) is 7.11 Å². The highest BCUT2D eigenvalue weighted by Gasteiger charge is 2.32. The summed E-state index contributed by atoms with van der Waals surface area (Å²) in [4.78, 5) is 0. The number of allylic oxidation sites excluding steroid dienone is 4. The second kappa shape index (κ2) is 9.85. The van der Waals surface area contributed by atoms with Gasteiger partial charge >= 0.3 is 0 Å². The van der Waals surface area contributed by atoms with Crippen molar-refractivity contribution in [2.24, 2.45) is 5.92 Å². The van der Waals surface area contributed by atoms with Gasteiger partial charge in [-0.25, -0.2) is 0 Å². The second-order valence-corrected chi connectivity index (χ2v) is 7.22. The van der Waals surface area contributed by atoms with Crippen LogP contribution in [-0.4, -0.2) is 7.11 Å². The lowest BCUT2D eigenvalue weighted by atomic mass is 9.84. The van der Waals surface area contributed by atoms with Gasteiger partial charge in [0.15, 0.2) is 0 Å². The van der Waals surface area contributed by atoms with Gasteiger partial charge in [-0.1, -0.05) is 71.1 Å². The number of hydrogen-bond donors (Lipinski definition) is 0. The van der Waals surface area contributed by atoms with Crippen LogP contribution in [0.2, 0.25) is 0 Å². The molecule has 0 bridgehead atoms. The number of rotatable bonds is 10. The van der Waals surface area contributed by atoms with Crippen LogP contribution in [0.5, 0.6) is 5.75 Å². The summed E-state index contributed by atoms with van der Waals surface area (Å²) >= 11 is 0. The molecule has 0 fully saturated rings. The van der Waals surface area contributed by atoms with Gasteiger partial charge in [0, 0.05) is 5.92 Å². The van der Waals surface area contributed by atoms with E-state index >= 15 is 0 Å². The van der Waals surface area contributed by atoms with Crippen LogP contribution in [0.25, 0.3) is 5.57 Å². The molecule has 0 heterocycles. The number of methoxy groups -OCH3 is 1. The average molecular weight is 341 g/mol. The first-order valence-corrected chi connectivity index (χ1v) is 10.3. The zero-order valence-corrected chi connectivity index (χ0v) is 17.0. The average Bonchev–Trinajstić information content (AvgIpc) is 2.90. The fraction of sp³-hybridized carbons (Fsp3) is 0.583. The third kappa shape index (κ3) is 4.37. The molecule has 0 aliphatic heterocycles. The van der Waals surface area contributed by atoms with Crippen LogP contribution in [0.15, 0.2) is 41.0 Å². The monoisotopic (exact) mass is 340 g/mol. The van der Waals surface area contributed by atoms with Crippen molar-refractivity contribution in [2.45, 2.75) is 79.1 Å². The molecule has 1 aliphatic carbocycles. The Balaban J connectivity index is 2.56. The molecule has 138 valence electrons. The maximum Gasteiger partial charge on any atom is 0.118 e. The maximum absolute atomic E-state index is 5.37. The van der Waals surface area contributed by atoms with Gasteiger partial charge in [0.1, 0.15) is 5.75 Å². The highest BCUT2D eigenvalue weighted by atomic mass is 16.5. The second-order valence-electron chi connectivity index (χ2n) is 7.22. The molecule has 25 heavy (non-hydrogen) atoms. The SMILES string of the molecule is CCCC1=C(CCC)C(CCC)C(c2ccc(OC)cc2)=C1CCC. The summed E-state index contributed by atoms with van der Waals surface area (Å²) in [5, 5.41) is 0. The van der Waals surface area contributed by atoms with E-state index in [9.17, 15) is 0 Å². The van der Waals surface area contributed by atoms with Crippen LogP contribution in [-0.2, 0) is 0 Å². The molecule has 0 radical (unpaired) electrons. The quantitative estimate of drug-likeness (QED) is 0.426. The van der Waals surface area contributed by atoms with Crippen molar-refractivity contribution in [3.63, 3.8) is 0 Å². The smallest absolute Gasteiger partial charge is 0.118 e. The first-order chi connectivity index (χ1) is 12.2. The van der Waals surface area contributed by atoms with Crippen molar-refractivity contribution in [3.8, 4) is 5.75 Å². The van der Waals surface area contributed by atoms with Crippen LogP contribution in [0.1, 0.15) is 84.6 Å². The number of hydrogen-bond acceptors (Lipinski definition) is 1. The van der Waals surface area contributed by atoms with Gasteiger partial charge in [-0.2, -0.15) is 0 Å². The van der Waals surface area contributed by atoms with E-state index in [-0.39, 0.29) is 0 Å².